The van der Waals surface area contributed by atoms with Crippen molar-refractivity contribution in [2.45, 2.75) is 44.8 Å². The van der Waals surface area contributed by atoms with Crippen molar-refractivity contribution in [1.29, 1.82) is 0 Å². The van der Waals surface area contributed by atoms with E-state index in [4.69, 9.17) is 14.6 Å². The fourth-order valence-electron chi connectivity index (χ4n) is 1.92. The molecule has 1 unspecified atom stereocenters. The Morgan fingerprint density at radius 1 is 1.40 bits per heavy atom. The quantitative estimate of drug-likeness (QED) is 0.759. The van der Waals surface area contributed by atoms with E-state index < -0.39 is 12.1 Å². The van der Waals surface area contributed by atoms with Crippen molar-refractivity contribution in [1.82, 2.24) is 0 Å². The van der Waals surface area contributed by atoms with E-state index in [1.54, 1.807) is 0 Å². The van der Waals surface area contributed by atoms with E-state index in [2.05, 4.69) is 6.92 Å². The first-order valence-corrected chi connectivity index (χ1v) is 5.50. The van der Waals surface area contributed by atoms with Crippen LogP contribution in [0.1, 0.15) is 32.6 Å². The highest BCUT2D eigenvalue weighted by atomic mass is 16.6. The summed E-state index contributed by atoms with van der Waals surface area (Å²) < 4.78 is 10.3. The van der Waals surface area contributed by atoms with Gasteiger partial charge in [0.25, 0.3) is 0 Å². The van der Waals surface area contributed by atoms with E-state index in [0.29, 0.717) is 0 Å². The monoisotopic (exact) mass is 216 g/mol. The van der Waals surface area contributed by atoms with E-state index in [9.17, 15) is 4.79 Å². The summed E-state index contributed by atoms with van der Waals surface area (Å²) in [5, 5.41) is 8.88. The lowest BCUT2D eigenvalue weighted by molar-refractivity contribution is -0.160. The molecule has 0 aliphatic heterocycles. The van der Waals surface area contributed by atoms with Gasteiger partial charge in [-0.3, -0.25) is 0 Å². The van der Waals surface area contributed by atoms with E-state index in [-0.39, 0.29) is 12.7 Å². The van der Waals surface area contributed by atoms with Gasteiger partial charge in [0.2, 0.25) is 0 Å². The Bertz CT molecular complexity index is 197. The summed E-state index contributed by atoms with van der Waals surface area (Å²) in [5.74, 6) is -0.189. The SMILES string of the molecule is COCC(OC1CCC(C)CC1)C(=O)O. The molecular formula is C11H20O4. The molecule has 4 heteroatoms. The molecule has 15 heavy (non-hydrogen) atoms. The van der Waals surface area contributed by atoms with E-state index in [0.717, 1.165) is 31.6 Å². The van der Waals surface area contributed by atoms with Crippen molar-refractivity contribution in [3.05, 3.63) is 0 Å². The van der Waals surface area contributed by atoms with Gasteiger partial charge in [0.1, 0.15) is 0 Å². The summed E-state index contributed by atoms with van der Waals surface area (Å²) in [7, 11) is 1.49. The Morgan fingerprint density at radius 2 is 2.00 bits per heavy atom. The van der Waals surface area contributed by atoms with Gasteiger partial charge in [0, 0.05) is 7.11 Å². The summed E-state index contributed by atoms with van der Waals surface area (Å²) in [6.07, 6.45) is 3.47. The molecule has 1 rings (SSSR count). The van der Waals surface area contributed by atoms with Crippen LogP contribution in [0, 0.1) is 5.92 Å². The van der Waals surface area contributed by atoms with Gasteiger partial charge in [-0.15, -0.1) is 0 Å². The van der Waals surface area contributed by atoms with Crippen LogP contribution in [-0.2, 0) is 14.3 Å². The Balaban J connectivity index is 2.34. The molecule has 4 nitrogen and oxygen atoms in total. The second-order valence-electron chi connectivity index (χ2n) is 4.30. The molecule has 0 spiro atoms. The first-order valence-electron chi connectivity index (χ1n) is 5.50. The summed E-state index contributed by atoms with van der Waals surface area (Å²) >= 11 is 0. The van der Waals surface area contributed by atoms with Crippen LogP contribution in [0.5, 0.6) is 0 Å². The molecule has 1 aliphatic carbocycles. The van der Waals surface area contributed by atoms with Crippen LogP contribution in [0.15, 0.2) is 0 Å². The Kier molecular flexibility index (Phi) is 5.05. The Hall–Kier alpha value is -0.610. The second-order valence-corrected chi connectivity index (χ2v) is 4.30. The maximum absolute atomic E-state index is 10.8. The van der Waals surface area contributed by atoms with Crippen LogP contribution in [0.2, 0.25) is 0 Å². The lowest BCUT2D eigenvalue weighted by Crippen LogP contribution is -2.34. The van der Waals surface area contributed by atoms with Crippen LogP contribution in [0.25, 0.3) is 0 Å². The maximum atomic E-state index is 10.8. The summed E-state index contributed by atoms with van der Waals surface area (Å²) in [6, 6.07) is 0. The van der Waals surface area contributed by atoms with Gasteiger partial charge in [-0.25, -0.2) is 4.79 Å². The number of ether oxygens (including phenoxy) is 2. The van der Waals surface area contributed by atoms with Gasteiger partial charge in [0.15, 0.2) is 6.10 Å². The smallest absolute Gasteiger partial charge is 0.335 e. The van der Waals surface area contributed by atoms with E-state index >= 15 is 0 Å². The normalized spacial score (nSPS) is 28.7. The lowest BCUT2D eigenvalue weighted by Gasteiger charge is -2.28. The highest BCUT2D eigenvalue weighted by molar-refractivity contribution is 5.72. The molecule has 0 aromatic heterocycles. The average Bonchev–Trinajstić information content (AvgIpc) is 2.20. The number of methoxy groups -OCH3 is 1. The summed E-state index contributed by atoms with van der Waals surface area (Å²) in [5.41, 5.74) is 0. The van der Waals surface area contributed by atoms with Crippen LogP contribution in [0.4, 0.5) is 0 Å². The molecule has 0 radical (unpaired) electrons. The number of rotatable bonds is 5. The minimum atomic E-state index is -0.935. The van der Waals surface area contributed by atoms with Crippen molar-refractivity contribution in [2.24, 2.45) is 5.92 Å². The first-order chi connectivity index (χ1) is 7.13. The maximum Gasteiger partial charge on any atom is 0.335 e. The predicted molar refractivity (Wildman–Crippen MR) is 55.8 cm³/mol. The molecule has 0 saturated heterocycles. The zero-order valence-corrected chi connectivity index (χ0v) is 9.44. The van der Waals surface area contributed by atoms with E-state index in [1.807, 2.05) is 0 Å². The molecule has 1 saturated carbocycles. The lowest BCUT2D eigenvalue weighted by atomic mass is 9.89. The molecule has 0 aromatic carbocycles. The van der Waals surface area contributed by atoms with Gasteiger partial charge >= 0.3 is 5.97 Å². The third-order valence-electron chi connectivity index (χ3n) is 2.91. The predicted octanol–water partition coefficient (Wildman–Crippen LogP) is 1.68. The topological polar surface area (TPSA) is 55.8 Å². The number of hydrogen-bond acceptors (Lipinski definition) is 3. The summed E-state index contributed by atoms with van der Waals surface area (Å²) in [6.45, 7) is 2.35. The van der Waals surface area contributed by atoms with E-state index in [1.165, 1.54) is 7.11 Å². The minimum Gasteiger partial charge on any atom is -0.479 e. The molecule has 1 aliphatic rings. The standard InChI is InChI=1S/C11H20O4/c1-8-3-5-9(6-4-8)15-10(7-14-2)11(12)13/h8-10H,3-7H2,1-2H3,(H,12,13). The molecule has 0 amide bonds. The number of carboxylic acids is 1. The fourth-order valence-corrected chi connectivity index (χ4v) is 1.92. The molecule has 1 fully saturated rings. The molecule has 1 atom stereocenters. The Morgan fingerprint density at radius 3 is 2.47 bits per heavy atom. The third-order valence-corrected chi connectivity index (χ3v) is 2.91. The highest BCUT2D eigenvalue weighted by Gasteiger charge is 2.25. The van der Waals surface area contributed by atoms with Crippen molar-refractivity contribution >= 4 is 5.97 Å². The first kappa shape index (κ1) is 12.5. The highest BCUT2D eigenvalue weighted by Crippen LogP contribution is 2.26. The second kappa shape index (κ2) is 6.08. The zero-order valence-electron chi connectivity index (χ0n) is 9.44. The molecule has 88 valence electrons. The molecule has 0 aromatic rings. The number of carbonyl (C=O) groups is 1. The largest absolute Gasteiger partial charge is 0.479 e. The van der Waals surface area contributed by atoms with Crippen molar-refractivity contribution in [3.63, 3.8) is 0 Å². The minimum absolute atomic E-state index is 0.0949. The van der Waals surface area contributed by atoms with Crippen molar-refractivity contribution < 1.29 is 19.4 Å². The average molecular weight is 216 g/mol. The van der Waals surface area contributed by atoms with Gasteiger partial charge in [0.05, 0.1) is 12.7 Å². The van der Waals surface area contributed by atoms with Gasteiger partial charge in [-0.1, -0.05) is 6.92 Å². The van der Waals surface area contributed by atoms with Gasteiger partial charge in [-0.05, 0) is 31.6 Å². The number of aliphatic carboxylic acids is 1. The van der Waals surface area contributed by atoms with Crippen molar-refractivity contribution in [3.8, 4) is 0 Å². The van der Waals surface area contributed by atoms with Crippen LogP contribution in [0.3, 0.4) is 0 Å². The molecule has 0 heterocycles. The number of hydrogen-bond donors (Lipinski definition) is 1. The van der Waals surface area contributed by atoms with Crippen LogP contribution >= 0.6 is 0 Å². The molecule has 1 N–H and O–H groups in total. The fraction of sp³-hybridized carbons (Fsp3) is 0.909. The molecule has 0 bridgehead atoms. The van der Waals surface area contributed by atoms with Crippen LogP contribution in [-0.4, -0.2) is 37.0 Å². The van der Waals surface area contributed by atoms with Crippen molar-refractivity contribution in [2.75, 3.05) is 13.7 Å². The van der Waals surface area contributed by atoms with Gasteiger partial charge in [-0.2, -0.15) is 0 Å². The summed E-state index contributed by atoms with van der Waals surface area (Å²) in [4.78, 5) is 10.8. The number of carboxylic acid groups (broad SMARTS) is 1. The Labute approximate surface area is 90.6 Å². The zero-order chi connectivity index (χ0) is 11.3. The van der Waals surface area contributed by atoms with Crippen LogP contribution < -0.4 is 0 Å². The third kappa shape index (κ3) is 4.18. The van der Waals surface area contributed by atoms with Gasteiger partial charge < -0.3 is 14.6 Å². The molecular weight excluding hydrogens is 196 g/mol.